The highest BCUT2D eigenvalue weighted by molar-refractivity contribution is 6.32. The summed E-state index contributed by atoms with van der Waals surface area (Å²) in [5.41, 5.74) is -2.19. The Bertz CT molecular complexity index is 1400. The third-order valence-electron chi connectivity index (χ3n) is 7.81. The van der Waals surface area contributed by atoms with Gasteiger partial charge in [0.1, 0.15) is 23.9 Å². The van der Waals surface area contributed by atoms with E-state index in [-0.39, 0.29) is 46.1 Å². The number of benzene rings is 1. The van der Waals surface area contributed by atoms with E-state index in [1.54, 1.807) is 32.9 Å². The fourth-order valence-electron chi connectivity index (χ4n) is 5.45. The van der Waals surface area contributed by atoms with Crippen molar-refractivity contribution in [1.82, 2.24) is 15.6 Å². The molecular formula is C30H36ClF3N4O6. The molecule has 0 spiro atoms. The summed E-state index contributed by atoms with van der Waals surface area (Å²) in [5.74, 6) is -1.29. The normalized spacial score (nSPS) is 20.2. The minimum absolute atomic E-state index is 0.0349. The van der Waals surface area contributed by atoms with Gasteiger partial charge in [-0.2, -0.15) is 13.2 Å². The van der Waals surface area contributed by atoms with Crippen molar-refractivity contribution in [2.24, 2.45) is 0 Å². The molecule has 0 saturated carbocycles. The molecular weight excluding hydrogens is 605 g/mol. The largest absolute Gasteiger partial charge is 0.478 e. The zero-order chi connectivity index (χ0) is 32.6. The summed E-state index contributed by atoms with van der Waals surface area (Å²) in [5, 5.41) is 14.6. The number of pyridine rings is 1. The van der Waals surface area contributed by atoms with Gasteiger partial charge in [-0.1, -0.05) is 11.6 Å². The number of carboxylic acid groups (broad SMARTS) is 1. The highest BCUT2D eigenvalue weighted by Crippen LogP contribution is 2.39. The SMILES string of the molecule is Cc1cc(Cl)c(OC(C)(C)C(=O)NC2CC3CCC(C2)N3c2ccc(C(=O)NCC(F)(F)F)cn2)cc1OC(C)(C)C(=O)O. The van der Waals surface area contributed by atoms with Gasteiger partial charge in [0.2, 0.25) is 0 Å². The summed E-state index contributed by atoms with van der Waals surface area (Å²) in [4.78, 5) is 43.5. The predicted octanol–water partition coefficient (Wildman–Crippen LogP) is 5.05. The van der Waals surface area contributed by atoms with Crippen LogP contribution in [0.5, 0.6) is 11.5 Å². The van der Waals surface area contributed by atoms with E-state index in [2.05, 4.69) is 15.2 Å². The van der Waals surface area contributed by atoms with Gasteiger partial charge in [-0.25, -0.2) is 9.78 Å². The Morgan fingerprint density at radius 1 is 1.02 bits per heavy atom. The number of carboxylic acids is 1. The Morgan fingerprint density at radius 2 is 1.64 bits per heavy atom. The zero-order valence-electron chi connectivity index (χ0n) is 25.0. The molecule has 2 unspecified atom stereocenters. The molecule has 44 heavy (non-hydrogen) atoms. The molecule has 3 N–H and O–H groups in total. The predicted molar refractivity (Wildman–Crippen MR) is 156 cm³/mol. The highest BCUT2D eigenvalue weighted by Gasteiger charge is 2.43. The van der Waals surface area contributed by atoms with Crippen LogP contribution < -0.4 is 25.0 Å². The number of halogens is 4. The smallest absolute Gasteiger partial charge is 0.405 e. The second-order valence-electron chi connectivity index (χ2n) is 12.2. The Labute approximate surface area is 258 Å². The van der Waals surface area contributed by atoms with Gasteiger partial charge in [0.15, 0.2) is 11.2 Å². The molecule has 2 aliphatic heterocycles. The van der Waals surface area contributed by atoms with Gasteiger partial charge in [0.25, 0.3) is 11.8 Å². The monoisotopic (exact) mass is 640 g/mol. The number of aliphatic carboxylic acids is 1. The molecule has 0 radical (unpaired) electrons. The van der Waals surface area contributed by atoms with Crippen LogP contribution in [0.4, 0.5) is 19.0 Å². The number of nitrogens with one attached hydrogen (secondary N) is 2. The van der Waals surface area contributed by atoms with Crippen LogP contribution in [-0.4, -0.2) is 69.9 Å². The van der Waals surface area contributed by atoms with E-state index in [0.717, 1.165) is 12.8 Å². The van der Waals surface area contributed by atoms with Crippen molar-refractivity contribution in [1.29, 1.82) is 0 Å². The third kappa shape index (κ3) is 7.66. The van der Waals surface area contributed by atoms with Crippen LogP contribution in [0.25, 0.3) is 0 Å². The van der Waals surface area contributed by atoms with Crippen LogP contribution >= 0.6 is 11.6 Å². The molecule has 2 amide bonds. The number of nitrogens with zero attached hydrogens (tertiary/aromatic N) is 2. The first kappa shape index (κ1) is 33.2. The third-order valence-corrected chi connectivity index (χ3v) is 8.11. The molecule has 4 rings (SSSR count). The molecule has 14 heteroatoms. The van der Waals surface area contributed by atoms with E-state index in [1.807, 2.05) is 5.32 Å². The number of carbonyl (C=O) groups excluding carboxylic acids is 2. The molecule has 10 nitrogen and oxygen atoms in total. The Balaban J connectivity index is 1.38. The van der Waals surface area contributed by atoms with Gasteiger partial charge in [-0.3, -0.25) is 9.59 Å². The van der Waals surface area contributed by atoms with E-state index >= 15 is 0 Å². The highest BCUT2D eigenvalue weighted by atomic mass is 35.5. The van der Waals surface area contributed by atoms with Crippen LogP contribution in [0.2, 0.25) is 5.02 Å². The van der Waals surface area contributed by atoms with Crippen LogP contribution in [0, 0.1) is 6.92 Å². The fourth-order valence-corrected chi connectivity index (χ4v) is 5.70. The van der Waals surface area contributed by atoms with Crippen molar-refractivity contribution in [3.05, 3.63) is 46.6 Å². The first-order valence-electron chi connectivity index (χ1n) is 14.2. The van der Waals surface area contributed by atoms with Crippen molar-refractivity contribution < 1.29 is 42.1 Å². The maximum absolute atomic E-state index is 13.4. The number of piperidine rings is 1. The van der Waals surface area contributed by atoms with E-state index in [9.17, 15) is 32.7 Å². The van der Waals surface area contributed by atoms with Crippen LogP contribution in [0.1, 0.15) is 69.3 Å². The minimum Gasteiger partial charge on any atom is -0.478 e. The molecule has 2 fully saturated rings. The Hall–Kier alpha value is -3.74. The van der Waals surface area contributed by atoms with Crippen LogP contribution in [0.3, 0.4) is 0 Å². The lowest BCUT2D eigenvalue weighted by Gasteiger charge is -2.41. The number of rotatable bonds is 10. The quantitative estimate of drug-likeness (QED) is 0.329. The molecule has 2 aromatic rings. The number of alkyl halides is 3. The summed E-state index contributed by atoms with van der Waals surface area (Å²) < 4.78 is 49.0. The van der Waals surface area contributed by atoms with E-state index in [4.69, 9.17) is 21.1 Å². The van der Waals surface area contributed by atoms with Gasteiger partial charge in [-0.15, -0.1) is 0 Å². The van der Waals surface area contributed by atoms with Crippen molar-refractivity contribution in [2.75, 3.05) is 11.4 Å². The number of aromatic nitrogens is 1. The fraction of sp³-hybridized carbons (Fsp3) is 0.533. The summed E-state index contributed by atoms with van der Waals surface area (Å²) in [6.45, 7) is 6.37. The molecule has 1 aromatic heterocycles. The molecule has 240 valence electrons. The molecule has 2 aliphatic rings. The number of ether oxygens (including phenoxy) is 2. The van der Waals surface area contributed by atoms with Crippen molar-refractivity contribution in [3.63, 3.8) is 0 Å². The average molecular weight is 641 g/mol. The maximum atomic E-state index is 13.4. The van der Waals surface area contributed by atoms with E-state index < -0.39 is 35.8 Å². The lowest BCUT2D eigenvalue weighted by molar-refractivity contribution is -0.152. The summed E-state index contributed by atoms with van der Waals surface area (Å²) >= 11 is 6.41. The molecule has 1 aromatic carbocycles. The second kappa shape index (κ2) is 12.3. The minimum atomic E-state index is -4.50. The summed E-state index contributed by atoms with van der Waals surface area (Å²) in [7, 11) is 0. The first-order valence-corrected chi connectivity index (χ1v) is 14.6. The van der Waals surface area contributed by atoms with E-state index in [1.165, 1.54) is 32.2 Å². The number of hydrogen-bond donors (Lipinski definition) is 3. The van der Waals surface area contributed by atoms with Crippen LogP contribution in [-0.2, 0) is 9.59 Å². The number of amides is 2. The number of anilines is 1. The topological polar surface area (TPSA) is 130 Å². The number of hydrogen-bond acceptors (Lipinski definition) is 7. The lowest BCUT2D eigenvalue weighted by atomic mass is 9.96. The lowest BCUT2D eigenvalue weighted by Crippen LogP contribution is -2.55. The van der Waals surface area contributed by atoms with Gasteiger partial charge < -0.3 is 30.1 Å². The molecule has 2 saturated heterocycles. The van der Waals surface area contributed by atoms with Gasteiger partial charge in [0.05, 0.1) is 10.6 Å². The molecule has 0 aliphatic carbocycles. The van der Waals surface area contributed by atoms with Crippen molar-refractivity contribution in [3.8, 4) is 11.5 Å². The van der Waals surface area contributed by atoms with Crippen molar-refractivity contribution in [2.45, 2.75) is 95.8 Å². The van der Waals surface area contributed by atoms with Crippen molar-refractivity contribution >= 4 is 35.2 Å². The van der Waals surface area contributed by atoms with Gasteiger partial charge >= 0.3 is 12.1 Å². The summed E-state index contributed by atoms with van der Waals surface area (Å²) in [6.07, 6.45) is -0.204. The number of aryl methyl sites for hydroxylation is 1. The standard InChI is InChI=1S/C30H36ClF3N4O6/c1-16-10-21(31)23(13-22(16)43-29(4,5)27(41)42)44-28(2,3)26(40)37-18-11-19-7-8-20(12-18)38(19)24-9-6-17(14-35-24)25(39)36-15-30(32,33)34/h6,9-10,13-14,18-20H,7-8,11-12,15H2,1-5H3,(H,36,39)(H,37,40)(H,41,42). The summed E-state index contributed by atoms with van der Waals surface area (Å²) in [6, 6.07) is 6.15. The Morgan fingerprint density at radius 3 is 2.18 bits per heavy atom. The van der Waals surface area contributed by atoms with Gasteiger partial charge in [-0.05, 0) is 84.1 Å². The van der Waals surface area contributed by atoms with E-state index in [0.29, 0.717) is 24.2 Å². The number of fused-ring (bicyclic) bond motifs is 2. The second-order valence-corrected chi connectivity index (χ2v) is 12.6. The molecule has 2 bridgehead atoms. The Kier molecular flexibility index (Phi) is 9.30. The molecule has 2 atom stereocenters. The average Bonchev–Trinajstić information content (AvgIpc) is 3.19. The first-order chi connectivity index (χ1) is 20.4. The molecule has 3 heterocycles. The zero-order valence-corrected chi connectivity index (χ0v) is 25.8. The maximum Gasteiger partial charge on any atom is 0.405 e. The van der Waals surface area contributed by atoms with Crippen LogP contribution in [0.15, 0.2) is 30.5 Å². The van der Waals surface area contributed by atoms with Gasteiger partial charge in [0, 0.05) is 30.4 Å². The number of carbonyl (C=O) groups is 3.